The van der Waals surface area contributed by atoms with E-state index in [4.69, 9.17) is 11.6 Å². The van der Waals surface area contributed by atoms with Gasteiger partial charge in [-0.05, 0) is 13.0 Å². The van der Waals surface area contributed by atoms with E-state index in [1.165, 1.54) is 6.20 Å². The lowest BCUT2D eigenvalue weighted by Crippen LogP contribution is -2.23. The van der Waals surface area contributed by atoms with Gasteiger partial charge in [-0.25, -0.2) is 4.98 Å². The molecule has 2 aromatic rings. The van der Waals surface area contributed by atoms with E-state index in [9.17, 15) is 4.79 Å². The van der Waals surface area contributed by atoms with Crippen molar-refractivity contribution in [3.05, 3.63) is 46.6 Å². The van der Waals surface area contributed by atoms with Crippen molar-refractivity contribution >= 4 is 23.3 Å². The molecule has 0 radical (unpaired) electrons. The van der Waals surface area contributed by atoms with Crippen molar-refractivity contribution in [1.29, 1.82) is 0 Å². The normalized spacial score (nSPS) is 10.2. The van der Waals surface area contributed by atoms with Crippen LogP contribution in [-0.4, -0.2) is 27.9 Å². The molecule has 2 N–H and O–H groups in total. The Labute approximate surface area is 121 Å². The van der Waals surface area contributed by atoms with Crippen LogP contribution in [0, 0.1) is 6.92 Å². The summed E-state index contributed by atoms with van der Waals surface area (Å²) in [7, 11) is 1.71. The fourth-order valence-corrected chi connectivity index (χ4v) is 1.79. The minimum Gasteiger partial charge on any atom is -0.372 e. The summed E-state index contributed by atoms with van der Waals surface area (Å²) >= 11 is 5.98. The van der Waals surface area contributed by atoms with E-state index < -0.39 is 0 Å². The van der Waals surface area contributed by atoms with Gasteiger partial charge >= 0.3 is 0 Å². The molecule has 0 aliphatic heterocycles. The Kier molecular flexibility index (Phi) is 4.47. The van der Waals surface area contributed by atoms with E-state index in [0.717, 1.165) is 5.69 Å². The number of rotatable bonds is 4. The van der Waals surface area contributed by atoms with Gasteiger partial charge in [0, 0.05) is 19.4 Å². The lowest BCUT2D eigenvalue weighted by molar-refractivity contribution is 0.0950. The number of pyridine rings is 1. The Hall–Kier alpha value is -2.21. The molecule has 2 aromatic heterocycles. The maximum atomic E-state index is 12.0. The van der Waals surface area contributed by atoms with Crippen molar-refractivity contribution < 1.29 is 4.79 Å². The number of anilines is 1. The van der Waals surface area contributed by atoms with E-state index >= 15 is 0 Å². The number of carbonyl (C=O) groups excluding carboxylic acids is 1. The van der Waals surface area contributed by atoms with Gasteiger partial charge in [-0.3, -0.25) is 14.8 Å². The molecule has 0 aliphatic carbocycles. The number of nitrogens with zero attached hydrogens (tertiary/aromatic N) is 3. The van der Waals surface area contributed by atoms with Crippen LogP contribution in [0.2, 0.25) is 5.02 Å². The Morgan fingerprint density at radius 2 is 2.05 bits per heavy atom. The molecule has 0 spiro atoms. The lowest BCUT2D eigenvalue weighted by atomic mass is 10.2. The fourth-order valence-electron chi connectivity index (χ4n) is 1.53. The van der Waals surface area contributed by atoms with Gasteiger partial charge in [0.1, 0.15) is 5.82 Å². The first-order chi connectivity index (χ1) is 9.60. The van der Waals surface area contributed by atoms with Crippen LogP contribution in [0.1, 0.15) is 21.7 Å². The summed E-state index contributed by atoms with van der Waals surface area (Å²) in [5.41, 5.74) is 1.92. The smallest absolute Gasteiger partial charge is 0.253 e. The highest BCUT2D eigenvalue weighted by molar-refractivity contribution is 6.33. The highest BCUT2D eigenvalue weighted by Gasteiger charge is 2.09. The molecule has 20 heavy (non-hydrogen) atoms. The van der Waals surface area contributed by atoms with E-state index in [2.05, 4.69) is 25.6 Å². The van der Waals surface area contributed by atoms with Gasteiger partial charge in [0.05, 0.1) is 34.7 Å². The van der Waals surface area contributed by atoms with Crippen LogP contribution in [0.15, 0.2) is 24.7 Å². The number of aryl methyl sites for hydroxylation is 1. The predicted octanol–water partition coefficient (Wildman–Crippen LogP) is 1.81. The standard InChI is InChI=1S/C13H14ClN5O/c1-8-4-17-10(6-16-8)7-19-13(20)9-3-11(14)12(15-2)18-5-9/h3-6H,7H2,1-2H3,(H,15,18)(H,19,20). The molecule has 2 rings (SSSR count). The van der Waals surface area contributed by atoms with Crippen LogP contribution in [0.25, 0.3) is 0 Å². The Morgan fingerprint density at radius 1 is 1.25 bits per heavy atom. The number of halogens is 1. The van der Waals surface area contributed by atoms with Crippen molar-refractivity contribution in [2.24, 2.45) is 0 Å². The molecule has 0 aliphatic rings. The zero-order valence-electron chi connectivity index (χ0n) is 11.1. The van der Waals surface area contributed by atoms with E-state index in [1.807, 2.05) is 6.92 Å². The monoisotopic (exact) mass is 291 g/mol. The van der Waals surface area contributed by atoms with Crippen molar-refractivity contribution in [3.8, 4) is 0 Å². The van der Waals surface area contributed by atoms with Gasteiger partial charge in [-0.1, -0.05) is 11.6 Å². The number of hydrogen-bond donors (Lipinski definition) is 2. The molecular formula is C13H14ClN5O. The van der Waals surface area contributed by atoms with Gasteiger partial charge in [0.15, 0.2) is 0 Å². The minimum absolute atomic E-state index is 0.260. The molecule has 2 heterocycles. The highest BCUT2D eigenvalue weighted by atomic mass is 35.5. The summed E-state index contributed by atoms with van der Waals surface area (Å²) in [5, 5.41) is 5.97. The molecule has 0 fully saturated rings. The third kappa shape index (κ3) is 3.42. The van der Waals surface area contributed by atoms with E-state index in [0.29, 0.717) is 28.6 Å². The van der Waals surface area contributed by atoms with Crippen LogP contribution in [0.3, 0.4) is 0 Å². The summed E-state index contributed by atoms with van der Waals surface area (Å²) in [4.78, 5) is 24.3. The Balaban J connectivity index is 2.01. The van der Waals surface area contributed by atoms with Gasteiger partial charge in [-0.2, -0.15) is 0 Å². The molecule has 0 atom stereocenters. The second-order valence-electron chi connectivity index (χ2n) is 4.14. The lowest BCUT2D eigenvalue weighted by Gasteiger charge is -2.07. The fraction of sp³-hybridized carbons (Fsp3) is 0.231. The summed E-state index contributed by atoms with van der Waals surface area (Å²) in [6.07, 6.45) is 4.75. The quantitative estimate of drug-likeness (QED) is 0.898. The van der Waals surface area contributed by atoms with Gasteiger partial charge in [0.25, 0.3) is 5.91 Å². The first kappa shape index (κ1) is 14.2. The molecule has 6 nitrogen and oxygen atoms in total. The third-order valence-corrected chi connectivity index (χ3v) is 2.89. The number of hydrogen-bond acceptors (Lipinski definition) is 5. The van der Waals surface area contributed by atoms with Crippen LogP contribution >= 0.6 is 11.6 Å². The van der Waals surface area contributed by atoms with Gasteiger partial charge in [-0.15, -0.1) is 0 Å². The van der Waals surface area contributed by atoms with Gasteiger partial charge < -0.3 is 10.6 Å². The zero-order chi connectivity index (χ0) is 14.5. The van der Waals surface area contributed by atoms with E-state index in [1.54, 1.807) is 25.5 Å². The molecule has 104 valence electrons. The Bertz CT molecular complexity index is 615. The second kappa shape index (κ2) is 6.29. The number of carbonyl (C=O) groups is 1. The molecule has 0 bridgehead atoms. The first-order valence-corrected chi connectivity index (χ1v) is 6.37. The van der Waals surface area contributed by atoms with Crippen LogP contribution in [-0.2, 0) is 6.54 Å². The number of amides is 1. The van der Waals surface area contributed by atoms with Crippen LogP contribution in [0.4, 0.5) is 5.82 Å². The van der Waals surface area contributed by atoms with Gasteiger partial charge in [0.2, 0.25) is 0 Å². The largest absolute Gasteiger partial charge is 0.372 e. The summed E-state index contributed by atoms with van der Waals surface area (Å²) in [6, 6.07) is 1.57. The summed E-state index contributed by atoms with van der Waals surface area (Å²) in [5.74, 6) is 0.275. The minimum atomic E-state index is -0.260. The maximum absolute atomic E-state index is 12.0. The SMILES string of the molecule is CNc1ncc(C(=O)NCc2cnc(C)cn2)cc1Cl. The van der Waals surface area contributed by atoms with Crippen molar-refractivity contribution in [3.63, 3.8) is 0 Å². The second-order valence-corrected chi connectivity index (χ2v) is 4.54. The molecule has 0 saturated carbocycles. The molecule has 0 aromatic carbocycles. The maximum Gasteiger partial charge on any atom is 0.253 e. The highest BCUT2D eigenvalue weighted by Crippen LogP contribution is 2.19. The van der Waals surface area contributed by atoms with Crippen LogP contribution < -0.4 is 10.6 Å². The average Bonchev–Trinajstić information content (AvgIpc) is 2.46. The third-order valence-electron chi connectivity index (χ3n) is 2.60. The topological polar surface area (TPSA) is 79.8 Å². The molecule has 7 heteroatoms. The predicted molar refractivity (Wildman–Crippen MR) is 76.7 cm³/mol. The number of aromatic nitrogens is 3. The number of nitrogens with one attached hydrogen (secondary N) is 2. The molecular weight excluding hydrogens is 278 g/mol. The van der Waals surface area contributed by atoms with Crippen molar-refractivity contribution in [2.45, 2.75) is 13.5 Å². The molecule has 1 amide bonds. The average molecular weight is 292 g/mol. The zero-order valence-corrected chi connectivity index (χ0v) is 11.9. The molecule has 0 unspecified atom stereocenters. The van der Waals surface area contributed by atoms with Crippen molar-refractivity contribution in [2.75, 3.05) is 12.4 Å². The first-order valence-electron chi connectivity index (χ1n) is 5.99. The van der Waals surface area contributed by atoms with E-state index in [-0.39, 0.29) is 5.91 Å². The van der Waals surface area contributed by atoms with Crippen molar-refractivity contribution in [1.82, 2.24) is 20.3 Å². The summed E-state index contributed by atoms with van der Waals surface area (Å²) in [6.45, 7) is 2.16. The summed E-state index contributed by atoms with van der Waals surface area (Å²) < 4.78 is 0. The Morgan fingerprint density at radius 3 is 2.65 bits per heavy atom. The van der Waals surface area contributed by atoms with Crippen LogP contribution in [0.5, 0.6) is 0 Å². The molecule has 0 saturated heterocycles.